The number of ether oxygens (including phenoxy) is 1. The molecular weight excluding hydrogens is 264 g/mol. The topological polar surface area (TPSA) is 64.3 Å². The van der Waals surface area contributed by atoms with E-state index in [1.54, 1.807) is 0 Å². The predicted molar refractivity (Wildman–Crippen MR) is 85.4 cm³/mol. The second kappa shape index (κ2) is 8.67. The van der Waals surface area contributed by atoms with Crippen molar-refractivity contribution in [1.29, 1.82) is 0 Å². The Morgan fingerprint density at radius 2 is 1.90 bits per heavy atom. The van der Waals surface area contributed by atoms with Crippen LogP contribution in [0.25, 0.3) is 0 Å². The minimum atomic E-state index is 0.108. The number of rotatable bonds is 7. The van der Waals surface area contributed by atoms with E-state index in [4.69, 9.17) is 10.5 Å². The van der Waals surface area contributed by atoms with Gasteiger partial charge in [-0.1, -0.05) is 32.1 Å². The lowest BCUT2D eigenvalue weighted by Gasteiger charge is -2.21. The largest absolute Gasteiger partial charge is 0.492 e. The first-order valence-corrected chi connectivity index (χ1v) is 8.00. The quantitative estimate of drug-likeness (QED) is 0.809. The van der Waals surface area contributed by atoms with E-state index < -0.39 is 0 Å². The average Bonchev–Trinajstić information content (AvgIpc) is 2.53. The van der Waals surface area contributed by atoms with E-state index in [0.717, 1.165) is 23.8 Å². The Labute approximate surface area is 127 Å². The summed E-state index contributed by atoms with van der Waals surface area (Å²) in [5.41, 5.74) is 6.21. The number of amides is 1. The van der Waals surface area contributed by atoms with Crippen LogP contribution < -0.4 is 15.8 Å². The summed E-state index contributed by atoms with van der Waals surface area (Å²) in [5, 5.41) is 2.95. The SMILES string of the molecule is NCCOc1ccc(NC(=O)CCC2CCCCC2)cc1. The molecule has 1 aliphatic carbocycles. The summed E-state index contributed by atoms with van der Waals surface area (Å²) in [6.07, 6.45) is 8.24. The molecule has 0 saturated heterocycles. The third-order valence-electron chi connectivity index (χ3n) is 4.03. The summed E-state index contributed by atoms with van der Waals surface area (Å²) in [6.45, 7) is 1.01. The smallest absolute Gasteiger partial charge is 0.224 e. The molecule has 3 N–H and O–H groups in total. The molecule has 0 unspecified atom stereocenters. The number of hydrogen-bond donors (Lipinski definition) is 2. The van der Waals surface area contributed by atoms with Crippen molar-refractivity contribution in [2.45, 2.75) is 44.9 Å². The number of carbonyl (C=O) groups is 1. The van der Waals surface area contributed by atoms with E-state index in [2.05, 4.69) is 5.32 Å². The molecule has 0 aromatic heterocycles. The van der Waals surface area contributed by atoms with Crippen LogP contribution >= 0.6 is 0 Å². The molecule has 0 atom stereocenters. The monoisotopic (exact) mass is 290 g/mol. The highest BCUT2D eigenvalue weighted by atomic mass is 16.5. The second-order valence-electron chi connectivity index (χ2n) is 5.75. The minimum Gasteiger partial charge on any atom is -0.492 e. The van der Waals surface area contributed by atoms with Gasteiger partial charge in [-0.2, -0.15) is 0 Å². The summed E-state index contributed by atoms with van der Waals surface area (Å²) >= 11 is 0. The van der Waals surface area contributed by atoms with Gasteiger partial charge in [0.25, 0.3) is 0 Å². The van der Waals surface area contributed by atoms with Gasteiger partial charge in [0.15, 0.2) is 0 Å². The Morgan fingerprint density at radius 3 is 2.57 bits per heavy atom. The third-order valence-corrected chi connectivity index (χ3v) is 4.03. The van der Waals surface area contributed by atoms with Crippen LogP contribution in [-0.4, -0.2) is 19.1 Å². The van der Waals surface area contributed by atoms with Crippen LogP contribution in [0.1, 0.15) is 44.9 Å². The number of benzene rings is 1. The van der Waals surface area contributed by atoms with Gasteiger partial charge in [-0.05, 0) is 36.6 Å². The predicted octanol–water partition coefficient (Wildman–Crippen LogP) is 3.32. The van der Waals surface area contributed by atoms with Gasteiger partial charge in [-0.15, -0.1) is 0 Å². The van der Waals surface area contributed by atoms with Crippen LogP contribution in [0.3, 0.4) is 0 Å². The van der Waals surface area contributed by atoms with E-state index in [9.17, 15) is 4.79 Å². The van der Waals surface area contributed by atoms with Crippen molar-refractivity contribution >= 4 is 11.6 Å². The lowest BCUT2D eigenvalue weighted by molar-refractivity contribution is -0.116. The number of nitrogens with one attached hydrogen (secondary N) is 1. The second-order valence-corrected chi connectivity index (χ2v) is 5.75. The van der Waals surface area contributed by atoms with Crippen molar-refractivity contribution < 1.29 is 9.53 Å². The van der Waals surface area contributed by atoms with Crippen molar-refractivity contribution in [3.8, 4) is 5.75 Å². The van der Waals surface area contributed by atoms with E-state index in [0.29, 0.717) is 19.6 Å². The standard InChI is InChI=1S/C17H26N2O2/c18-12-13-21-16-9-7-15(8-10-16)19-17(20)11-6-14-4-2-1-3-5-14/h7-10,14H,1-6,11-13,18H2,(H,19,20). The first kappa shape index (κ1) is 15.8. The molecule has 1 aromatic carbocycles. The maximum atomic E-state index is 12.0. The first-order chi connectivity index (χ1) is 10.3. The van der Waals surface area contributed by atoms with Gasteiger partial charge < -0.3 is 15.8 Å². The zero-order valence-corrected chi connectivity index (χ0v) is 12.6. The van der Waals surface area contributed by atoms with Gasteiger partial charge in [0.05, 0.1) is 0 Å². The normalized spacial score (nSPS) is 15.7. The summed E-state index contributed by atoms with van der Waals surface area (Å²) in [4.78, 5) is 12.0. The molecule has 1 aromatic rings. The molecule has 0 heterocycles. The maximum Gasteiger partial charge on any atom is 0.224 e. The molecule has 1 fully saturated rings. The number of hydrogen-bond acceptors (Lipinski definition) is 3. The van der Waals surface area contributed by atoms with Crippen LogP contribution in [0.5, 0.6) is 5.75 Å². The van der Waals surface area contributed by atoms with Crippen LogP contribution in [0.4, 0.5) is 5.69 Å². The van der Waals surface area contributed by atoms with E-state index in [1.165, 1.54) is 32.1 Å². The molecule has 116 valence electrons. The lowest BCUT2D eigenvalue weighted by atomic mass is 9.86. The molecule has 21 heavy (non-hydrogen) atoms. The summed E-state index contributed by atoms with van der Waals surface area (Å²) in [5.74, 6) is 1.63. The van der Waals surface area contributed by atoms with Crippen molar-refractivity contribution in [1.82, 2.24) is 0 Å². The molecule has 4 heteroatoms. The van der Waals surface area contributed by atoms with Crippen LogP contribution in [0, 0.1) is 5.92 Å². The summed E-state index contributed by atoms with van der Waals surface area (Å²) in [7, 11) is 0. The Balaban J connectivity index is 1.71. The van der Waals surface area contributed by atoms with Crippen molar-refractivity contribution in [2.24, 2.45) is 11.7 Å². The molecule has 1 saturated carbocycles. The van der Waals surface area contributed by atoms with Gasteiger partial charge in [0.2, 0.25) is 5.91 Å². The van der Waals surface area contributed by atoms with E-state index in [-0.39, 0.29) is 5.91 Å². The Kier molecular flexibility index (Phi) is 6.54. The van der Waals surface area contributed by atoms with Crippen LogP contribution in [-0.2, 0) is 4.79 Å². The average molecular weight is 290 g/mol. The lowest BCUT2D eigenvalue weighted by Crippen LogP contribution is -2.15. The third kappa shape index (κ3) is 5.76. The number of anilines is 1. The molecule has 1 amide bonds. The summed E-state index contributed by atoms with van der Waals surface area (Å²) < 4.78 is 5.40. The molecule has 0 aliphatic heterocycles. The zero-order chi connectivity index (χ0) is 14.9. The minimum absolute atomic E-state index is 0.108. The summed E-state index contributed by atoms with van der Waals surface area (Å²) in [6, 6.07) is 7.44. The van der Waals surface area contributed by atoms with Gasteiger partial charge >= 0.3 is 0 Å². The highest BCUT2D eigenvalue weighted by molar-refractivity contribution is 5.90. The highest BCUT2D eigenvalue weighted by Crippen LogP contribution is 2.27. The zero-order valence-electron chi connectivity index (χ0n) is 12.6. The molecule has 0 spiro atoms. The Morgan fingerprint density at radius 1 is 1.19 bits per heavy atom. The van der Waals surface area contributed by atoms with Crippen molar-refractivity contribution in [2.75, 3.05) is 18.5 Å². The van der Waals surface area contributed by atoms with Gasteiger partial charge in [0.1, 0.15) is 12.4 Å². The van der Waals surface area contributed by atoms with Crippen molar-refractivity contribution in [3.63, 3.8) is 0 Å². The Hall–Kier alpha value is -1.55. The Bertz CT molecular complexity index is 425. The van der Waals surface area contributed by atoms with Gasteiger partial charge in [-0.3, -0.25) is 4.79 Å². The molecule has 0 radical (unpaired) electrons. The van der Waals surface area contributed by atoms with Gasteiger partial charge in [0, 0.05) is 18.7 Å². The van der Waals surface area contributed by atoms with Gasteiger partial charge in [-0.25, -0.2) is 0 Å². The fourth-order valence-electron chi connectivity index (χ4n) is 2.85. The van der Waals surface area contributed by atoms with E-state index in [1.807, 2.05) is 24.3 Å². The fourth-order valence-corrected chi connectivity index (χ4v) is 2.85. The number of carbonyl (C=O) groups excluding carboxylic acids is 1. The van der Waals surface area contributed by atoms with Crippen molar-refractivity contribution in [3.05, 3.63) is 24.3 Å². The fraction of sp³-hybridized carbons (Fsp3) is 0.588. The first-order valence-electron chi connectivity index (χ1n) is 8.00. The molecule has 4 nitrogen and oxygen atoms in total. The van der Waals surface area contributed by atoms with Crippen LogP contribution in [0.15, 0.2) is 24.3 Å². The van der Waals surface area contributed by atoms with Crippen LogP contribution in [0.2, 0.25) is 0 Å². The van der Waals surface area contributed by atoms with E-state index >= 15 is 0 Å². The maximum absolute atomic E-state index is 12.0. The molecule has 1 aliphatic rings. The molecule has 2 rings (SSSR count). The molecular formula is C17H26N2O2. The molecule has 0 bridgehead atoms. The highest BCUT2D eigenvalue weighted by Gasteiger charge is 2.14. The number of nitrogens with two attached hydrogens (primary N) is 1.